The average molecular weight is 269 g/mol. The van der Waals surface area contributed by atoms with Crippen LogP contribution in [0.25, 0.3) is 0 Å². The molecule has 1 heterocycles. The van der Waals surface area contributed by atoms with E-state index in [1.807, 2.05) is 0 Å². The van der Waals surface area contributed by atoms with E-state index in [-0.39, 0.29) is 18.1 Å². The molecule has 0 fully saturated rings. The standard InChI is InChI=1S/C11H19N5O3/c1-12-11-14-8-9(16(18)19)10(15-11)13-6-4-2-3-5-7-17/h8,17H,2-7H2,1H3,(H2,12,13,14,15). The summed E-state index contributed by atoms with van der Waals surface area (Å²) in [5, 5.41) is 25.2. The minimum atomic E-state index is -0.506. The Morgan fingerprint density at radius 1 is 1.37 bits per heavy atom. The third kappa shape index (κ3) is 5.04. The third-order valence-electron chi connectivity index (χ3n) is 2.57. The van der Waals surface area contributed by atoms with Crippen LogP contribution >= 0.6 is 0 Å². The topological polar surface area (TPSA) is 113 Å². The van der Waals surface area contributed by atoms with Gasteiger partial charge in [0.15, 0.2) is 0 Å². The summed E-state index contributed by atoms with van der Waals surface area (Å²) in [4.78, 5) is 18.2. The Balaban J connectivity index is 2.52. The largest absolute Gasteiger partial charge is 0.396 e. The average Bonchev–Trinajstić information content (AvgIpc) is 2.42. The number of hydrogen-bond acceptors (Lipinski definition) is 7. The summed E-state index contributed by atoms with van der Waals surface area (Å²) in [5.74, 6) is 0.569. The SMILES string of the molecule is CNc1ncc([N+](=O)[O-])c(NCCCCCCO)n1. The minimum absolute atomic E-state index is 0.130. The van der Waals surface area contributed by atoms with Crippen molar-refractivity contribution >= 4 is 17.5 Å². The maximum Gasteiger partial charge on any atom is 0.329 e. The van der Waals surface area contributed by atoms with Crippen LogP contribution < -0.4 is 10.6 Å². The molecular formula is C11H19N5O3. The molecule has 1 aromatic heterocycles. The Hall–Kier alpha value is -1.96. The van der Waals surface area contributed by atoms with Crippen LogP contribution in [-0.4, -0.2) is 40.2 Å². The predicted molar refractivity (Wildman–Crippen MR) is 72.3 cm³/mol. The van der Waals surface area contributed by atoms with Gasteiger partial charge in [-0.3, -0.25) is 10.1 Å². The van der Waals surface area contributed by atoms with Gasteiger partial charge in [0.25, 0.3) is 0 Å². The van der Waals surface area contributed by atoms with Crippen molar-refractivity contribution in [3.8, 4) is 0 Å². The first-order valence-corrected chi connectivity index (χ1v) is 6.23. The molecule has 106 valence electrons. The summed E-state index contributed by atoms with van der Waals surface area (Å²) in [6, 6.07) is 0. The van der Waals surface area contributed by atoms with Gasteiger partial charge in [-0.1, -0.05) is 12.8 Å². The van der Waals surface area contributed by atoms with Crippen LogP contribution in [0.5, 0.6) is 0 Å². The van der Waals surface area contributed by atoms with Crippen molar-refractivity contribution in [3.63, 3.8) is 0 Å². The summed E-state index contributed by atoms with van der Waals surface area (Å²) in [5.41, 5.74) is -0.130. The highest BCUT2D eigenvalue weighted by Gasteiger charge is 2.16. The number of unbranched alkanes of at least 4 members (excludes halogenated alkanes) is 3. The van der Waals surface area contributed by atoms with E-state index in [1.165, 1.54) is 6.20 Å². The van der Waals surface area contributed by atoms with Gasteiger partial charge in [-0.25, -0.2) is 4.98 Å². The zero-order chi connectivity index (χ0) is 14.1. The number of aromatic nitrogens is 2. The lowest BCUT2D eigenvalue weighted by molar-refractivity contribution is -0.384. The second-order valence-electron chi connectivity index (χ2n) is 4.00. The summed E-state index contributed by atoms with van der Waals surface area (Å²) < 4.78 is 0. The molecular weight excluding hydrogens is 250 g/mol. The molecule has 0 aliphatic heterocycles. The molecule has 0 aliphatic rings. The van der Waals surface area contributed by atoms with Crippen LogP contribution in [0.1, 0.15) is 25.7 Å². The van der Waals surface area contributed by atoms with Crippen LogP contribution in [-0.2, 0) is 0 Å². The molecule has 19 heavy (non-hydrogen) atoms. The van der Waals surface area contributed by atoms with Crippen molar-refractivity contribution in [2.45, 2.75) is 25.7 Å². The van der Waals surface area contributed by atoms with Gasteiger partial charge in [-0.05, 0) is 12.8 Å². The predicted octanol–water partition coefficient (Wildman–Crippen LogP) is 1.39. The van der Waals surface area contributed by atoms with Gasteiger partial charge >= 0.3 is 5.69 Å². The molecule has 0 unspecified atom stereocenters. The first-order valence-electron chi connectivity index (χ1n) is 6.23. The second-order valence-corrected chi connectivity index (χ2v) is 4.00. The van der Waals surface area contributed by atoms with Gasteiger partial charge < -0.3 is 15.7 Å². The van der Waals surface area contributed by atoms with Gasteiger partial charge in [-0.15, -0.1) is 0 Å². The van der Waals surface area contributed by atoms with Crippen LogP contribution in [0.4, 0.5) is 17.5 Å². The van der Waals surface area contributed by atoms with E-state index >= 15 is 0 Å². The highest BCUT2D eigenvalue weighted by molar-refractivity contribution is 5.56. The fourth-order valence-corrected chi connectivity index (χ4v) is 1.56. The second kappa shape index (κ2) is 8.20. The van der Waals surface area contributed by atoms with Crippen LogP contribution in [0, 0.1) is 10.1 Å². The Morgan fingerprint density at radius 3 is 2.74 bits per heavy atom. The van der Waals surface area contributed by atoms with Crippen molar-refractivity contribution in [1.82, 2.24) is 9.97 Å². The van der Waals surface area contributed by atoms with Gasteiger partial charge in [0.05, 0.1) is 4.92 Å². The van der Waals surface area contributed by atoms with Crippen molar-refractivity contribution in [1.29, 1.82) is 0 Å². The number of rotatable bonds is 9. The Bertz CT molecular complexity index is 413. The third-order valence-corrected chi connectivity index (χ3v) is 2.57. The first-order chi connectivity index (χ1) is 9.19. The van der Waals surface area contributed by atoms with Crippen LogP contribution in [0.2, 0.25) is 0 Å². The number of hydrogen-bond donors (Lipinski definition) is 3. The van der Waals surface area contributed by atoms with Crippen molar-refractivity contribution in [2.75, 3.05) is 30.8 Å². The molecule has 0 aliphatic carbocycles. The lowest BCUT2D eigenvalue weighted by atomic mass is 10.2. The number of nitro groups is 1. The van der Waals surface area contributed by atoms with Crippen molar-refractivity contribution in [3.05, 3.63) is 16.3 Å². The van der Waals surface area contributed by atoms with Crippen molar-refractivity contribution in [2.24, 2.45) is 0 Å². The molecule has 0 spiro atoms. The molecule has 3 N–H and O–H groups in total. The zero-order valence-electron chi connectivity index (χ0n) is 10.9. The molecule has 0 saturated heterocycles. The maximum atomic E-state index is 10.8. The summed E-state index contributed by atoms with van der Waals surface area (Å²) in [7, 11) is 1.65. The van der Waals surface area contributed by atoms with E-state index in [9.17, 15) is 10.1 Å². The number of aliphatic hydroxyl groups excluding tert-OH is 1. The number of anilines is 2. The van der Waals surface area contributed by atoms with Gasteiger partial charge in [0.2, 0.25) is 11.8 Å². The molecule has 8 nitrogen and oxygen atoms in total. The molecule has 1 aromatic rings. The van der Waals surface area contributed by atoms with Gasteiger partial charge in [0, 0.05) is 20.2 Å². The highest BCUT2D eigenvalue weighted by atomic mass is 16.6. The Morgan fingerprint density at radius 2 is 2.11 bits per heavy atom. The van der Waals surface area contributed by atoms with Gasteiger partial charge in [-0.2, -0.15) is 4.98 Å². The lowest BCUT2D eigenvalue weighted by Gasteiger charge is -2.07. The number of nitrogens with one attached hydrogen (secondary N) is 2. The van der Waals surface area contributed by atoms with E-state index in [0.29, 0.717) is 12.5 Å². The first kappa shape index (κ1) is 15.1. The monoisotopic (exact) mass is 269 g/mol. The molecule has 8 heteroatoms. The quantitative estimate of drug-likeness (QED) is 0.352. The molecule has 0 amide bonds. The van der Waals surface area contributed by atoms with Crippen LogP contribution in [0.15, 0.2) is 6.20 Å². The summed E-state index contributed by atoms with van der Waals surface area (Å²) in [6.45, 7) is 0.808. The highest BCUT2D eigenvalue weighted by Crippen LogP contribution is 2.21. The molecule has 0 atom stereocenters. The lowest BCUT2D eigenvalue weighted by Crippen LogP contribution is -2.08. The summed E-state index contributed by atoms with van der Waals surface area (Å²) in [6.07, 6.45) is 4.76. The van der Waals surface area contributed by atoms with Crippen molar-refractivity contribution < 1.29 is 10.0 Å². The fraction of sp³-hybridized carbons (Fsp3) is 0.636. The minimum Gasteiger partial charge on any atom is -0.396 e. The Kier molecular flexibility index (Phi) is 6.51. The normalized spacial score (nSPS) is 10.2. The Labute approximate surface area is 111 Å². The number of aliphatic hydroxyl groups is 1. The molecule has 0 saturated carbocycles. The van der Waals surface area contributed by atoms with E-state index in [4.69, 9.17) is 5.11 Å². The number of nitrogens with zero attached hydrogens (tertiary/aromatic N) is 3. The van der Waals surface area contributed by atoms with E-state index in [0.717, 1.165) is 25.7 Å². The van der Waals surface area contributed by atoms with Crippen LogP contribution in [0.3, 0.4) is 0 Å². The fourth-order valence-electron chi connectivity index (χ4n) is 1.56. The smallest absolute Gasteiger partial charge is 0.329 e. The molecule has 1 rings (SSSR count). The molecule has 0 radical (unpaired) electrons. The molecule has 0 aromatic carbocycles. The van der Waals surface area contributed by atoms with E-state index in [2.05, 4.69) is 20.6 Å². The van der Waals surface area contributed by atoms with E-state index < -0.39 is 4.92 Å². The van der Waals surface area contributed by atoms with E-state index in [1.54, 1.807) is 7.05 Å². The zero-order valence-corrected chi connectivity index (χ0v) is 10.9. The summed E-state index contributed by atoms with van der Waals surface area (Å²) >= 11 is 0. The maximum absolute atomic E-state index is 10.8. The van der Waals surface area contributed by atoms with Gasteiger partial charge in [0.1, 0.15) is 6.20 Å². The molecule has 0 bridgehead atoms.